The van der Waals surface area contributed by atoms with Crippen LogP contribution < -0.4 is 5.32 Å². The Morgan fingerprint density at radius 2 is 2.08 bits per heavy atom. The fraction of sp³-hybridized carbons (Fsp3) is 0.0909. The first-order valence-electron chi connectivity index (χ1n) is 4.17. The summed E-state index contributed by atoms with van der Waals surface area (Å²) in [4.78, 5) is 0. The minimum absolute atomic E-state index is 0.782. The number of halogens is 1. The number of fused-ring (bicyclic) bond motifs is 1. The van der Waals surface area contributed by atoms with E-state index in [9.17, 15) is 0 Å². The van der Waals surface area contributed by atoms with Crippen LogP contribution in [-0.2, 0) is 0 Å². The summed E-state index contributed by atoms with van der Waals surface area (Å²) < 4.78 is 0. The lowest BCUT2D eigenvalue weighted by molar-refractivity contribution is 1.49. The highest BCUT2D eigenvalue weighted by molar-refractivity contribution is 6.32. The van der Waals surface area contributed by atoms with E-state index in [1.807, 2.05) is 43.5 Å². The Bertz CT molecular complexity index is 391. The summed E-state index contributed by atoms with van der Waals surface area (Å²) in [6.45, 7) is 2.04. The maximum atomic E-state index is 6.05. The molecule has 2 heteroatoms. The predicted molar refractivity (Wildman–Crippen MR) is 57.9 cm³/mol. The first-order valence-corrected chi connectivity index (χ1v) is 4.55. The van der Waals surface area contributed by atoms with Crippen molar-refractivity contribution in [2.24, 2.45) is 0 Å². The van der Waals surface area contributed by atoms with E-state index in [0.29, 0.717) is 0 Å². The number of hydrogen-bond donors (Lipinski definition) is 1. The van der Waals surface area contributed by atoms with Gasteiger partial charge in [-0.25, -0.2) is 0 Å². The van der Waals surface area contributed by atoms with Crippen molar-refractivity contribution >= 4 is 23.4 Å². The normalized spacial score (nSPS) is 14.2. The molecule has 0 aliphatic carbocycles. The number of rotatable bonds is 0. The molecule has 0 unspecified atom stereocenters. The van der Waals surface area contributed by atoms with Gasteiger partial charge in [-0.05, 0) is 24.6 Å². The maximum absolute atomic E-state index is 6.05. The van der Waals surface area contributed by atoms with Crippen LogP contribution >= 0.6 is 11.6 Å². The fourth-order valence-corrected chi connectivity index (χ4v) is 1.52. The quantitative estimate of drug-likeness (QED) is 0.660. The molecule has 1 aliphatic rings. The Hall–Kier alpha value is -1.21. The fourth-order valence-electron chi connectivity index (χ4n) is 1.29. The molecular weight excluding hydrogens is 182 g/mol. The third-order valence-corrected chi connectivity index (χ3v) is 2.35. The third kappa shape index (κ3) is 1.61. The Morgan fingerprint density at radius 1 is 1.23 bits per heavy atom. The zero-order valence-electron chi connectivity index (χ0n) is 7.34. The molecule has 0 bridgehead atoms. The maximum Gasteiger partial charge on any atom is 0.0499 e. The summed E-state index contributed by atoms with van der Waals surface area (Å²) in [5.41, 5.74) is 3.30. The highest BCUT2D eigenvalue weighted by atomic mass is 35.5. The highest BCUT2D eigenvalue weighted by Crippen LogP contribution is 2.27. The van der Waals surface area contributed by atoms with Gasteiger partial charge < -0.3 is 5.32 Å². The standard InChI is InChI=1S/C11H10ClN/c1-8-5-6-9-10(12)3-2-4-11(9)13-7-8/h2-7,13H,1H3. The van der Waals surface area contributed by atoms with Crippen molar-refractivity contribution in [3.8, 4) is 0 Å². The van der Waals surface area contributed by atoms with Crippen LogP contribution in [0.15, 0.2) is 36.0 Å². The largest absolute Gasteiger partial charge is 0.361 e. The van der Waals surface area contributed by atoms with Crippen LogP contribution in [0.2, 0.25) is 5.02 Å². The molecule has 0 saturated carbocycles. The zero-order chi connectivity index (χ0) is 9.26. The van der Waals surface area contributed by atoms with E-state index in [-0.39, 0.29) is 0 Å². The molecule has 1 aliphatic heterocycles. The van der Waals surface area contributed by atoms with E-state index < -0.39 is 0 Å². The predicted octanol–water partition coefficient (Wildman–Crippen LogP) is 3.68. The molecule has 1 aromatic rings. The Balaban J connectivity index is 2.55. The molecule has 1 N–H and O–H groups in total. The highest BCUT2D eigenvalue weighted by Gasteiger charge is 2.04. The molecular formula is C11H10ClN. The average Bonchev–Trinajstić information content (AvgIpc) is 2.30. The van der Waals surface area contributed by atoms with Gasteiger partial charge in [0.15, 0.2) is 0 Å². The van der Waals surface area contributed by atoms with Crippen LogP contribution in [0.3, 0.4) is 0 Å². The lowest BCUT2D eigenvalue weighted by atomic mass is 10.1. The molecule has 1 nitrogen and oxygen atoms in total. The van der Waals surface area contributed by atoms with E-state index in [2.05, 4.69) is 5.32 Å². The van der Waals surface area contributed by atoms with Gasteiger partial charge in [0, 0.05) is 22.5 Å². The van der Waals surface area contributed by atoms with Crippen molar-refractivity contribution in [3.63, 3.8) is 0 Å². The van der Waals surface area contributed by atoms with Gasteiger partial charge in [0.2, 0.25) is 0 Å². The second-order valence-electron chi connectivity index (χ2n) is 3.07. The van der Waals surface area contributed by atoms with E-state index in [4.69, 9.17) is 11.6 Å². The van der Waals surface area contributed by atoms with Crippen LogP contribution in [0.25, 0.3) is 6.08 Å². The Kier molecular flexibility index (Phi) is 2.11. The third-order valence-electron chi connectivity index (χ3n) is 2.02. The first-order chi connectivity index (χ1) is 6.27. The van der Waals surface area contributed by atoms with Crippen molar-refractivity contribution in [1.82, 2.24) is 0 Å². The lowest BCUT2D eigenvalue weighted by Crippen LogP contribution is -1.89. The molecule has 1 aromatic carbocycles. The van der Waals surface area contributed by atoms with Crippen LogP contribution in [0, 0.1) is 0 Å². The van der Waals surface area contributed by atoms with E-state index in [0.717, 1.165) is 16.3 Å². The number of benzene rings is 1. The number of anilines is 1. The molecule has 0 aromatic heterocycles. The van der Waals surface area contributed by atoms with E-state index in [1.165, 1.54) is 5.57 Å². The molecule has 0 radical (unpaired) electrons. The van der Waals surface area contributed by atoms with Crippen LogP contribution in [-0.4, -0.2) is 0 Å². The Labute approximate surface area is 82.7 Å². The van der Waals surface area contributed by atoms with Crippen molar-refractivity contribution in [2.45, 2.75) is 6.92 Å². The summed E-state index contributed by atoms with van der Waals surface area (Å²) >= 11 is 6.05. The average molecular weight is 192 g/mol. The van der Waals surface area contributed by atoms with E-state index >= 15 is 0 Å². The second kappa shape index (κ2) is 3.27. The molecule has 0 spiro atoms. The van der Waals surface area contributed by atoms with Crippen LogP contribution in [0.4, 0.5) is 5.69 Å². The number of hydrogen-bond acceptors (Lipinski definition) is 1. The molecule has 2 rings (SSSR count). The van der Waals surface area contributed by atoms with Gasteiger partial charge in [-0.15, -0.1) is 0 Å². The monoisotopic (exact) mass is 191 g/mol. The van der Waals surface area contributed by atoms with Crippen LogP contribution in [0.1, 0.15) is 12.5 Å². The van der Waals surface area contributed by atoms with Gasteiger partial charge in [-0.1, -0.05) is 29.8 Å². The summed E-state index contributed by atoms with van der Waals surface area (Å²) in [7, 11) is 0. The number of allylic oxidation sites excluding steroid dienone is 2. The molecule has 66 valence electrons. The molecule has 13 heavy (non-hydrogen) atoms. The smallest absolute Gasteiger partial charge is 0.0499 e. The molecule has 0 atom stereocenters. The molecule has 1 heterocycles. The Morgan fingerprint density at radius 3 is 2.92 bits per heavy atom. The van der Waals surface area contributed by atoms with Gasteiger partial charge in [0.1, 0.15) is 0 Å². The van der Waals surface area contributed by atoms with Crippen molar-refractivity contribution < 1.29 is 0 Å². The van der Waals surface area contributed by atoms with Crippen molar-refractivity contribution in [2.75, 3.05) is 5.32 Å². The molecule has 0 amide bonds. The minimum Gasteiger partial charge on any atom is -0.361 e. The first kappa shape index (κ1) is 8.39. The summed E-state index contributed by atoms with van der Waals surface area (Å²) in [5.74, 6) is 0. The van der Waals surface area contributed by atoms with Crippen molar-refractivity contribution in [1.29, 1.82) is 0 Å². The second-order valence-corrected chi connectivity index (χ2v) is 3.47. The van der Waals surface area contributed by atoms with Crippen molar-refractivity contribution in [3.05, 3.63) is 46.6 Å². The summed E-state index contributed by atoms with van der Waals surface area (Å²) in [5, 5.41) is 3.99. The van der Waals surface area contributed by atoms with Gasteiger partial charge >= 0.3 is 0 Å². The van der Waals surface area contributed by atoms with Crippen LogP contribution in [0.5, 0.6) is 0 Å². The van der Waals surface area contributed by atoms with Gasteiger partial charge in [0.05, 0.1) is 0 Å². The van der Waals surface area contributed by atoms with Gasteiger partial charge in [-0.2, -0.15) is 0 Å². The van der Waals surface area contributed by atoms with Gasteiger partial charge in [0.25, 0.3) is 0 Å². The molecule has 0 fully saturated rings. The zero-order valence-corrected chi connectivity index (χ0v) is 8.10. The number of nitrogens with one attached hydrogen (secondary N) is 1. The minimum atomic E-state index is 0.782. The summed E-state index contributed by atoms with van der Waals surface area (Å²) in [6, 6.07) is 5.85. The molecule has 0 saturated heterocycles. The lowest BCUT2D eigenvalue weighted by Gasteiger charge is -2.05. The van der Waals surface area contributed by atoms with Gasteiger partial charge in [-0.3, -0.25) is 0 Å². The topological polar surface area (TPSA) is 12.0 Å². The summed E-state index contributed by atoms with van der Waals surface area (Å²) in [6.07, 6.45) is 6.05. The SMILES string of the molecule is CC1=CNc2cccc(Cl)c2C=C1. The van der Waals surface area contributed by atoms with E-state index in [1.54, 1.807) is 0 Å².